The van der Waals surface area contributed by atoms with Gasteiger partial charge in [-0.05, 0) is 31.4 Å². The molecule has 0 spiro atoms. The van der Waals surface area contributed by atoms with E-state index in [1.165, 1.54) is 0 Å². The van der Waals surface area contributed by atoms with Gasteiger partial charge in [-0.2, -0.15) is 0 Å². The van der Waals surface area contributed by atoms with E-state index in [2.05, 4.69) is 10.3 Å². The number of rotatable bonds is 1. The maximum Gasteiger partial charge on any atom is 0.315 e. The van der Waals surface area contributed by atoms with Gasteiger partial charge in [-0.25, -0.2) is 4.98 Å². The van der Waals surface area contributed by atoms with Crippen LogP contribution in [-0.2, 0) is 9.59 Å². The van der Waals surface area contributed by atoms with Gasteiger partial charge in [0.15, 0.2) is 0 Å². The number of likely N-dealkylation sites (tertiary alicyclic amines) is 1. The van der Waals surface area contributed by atoms with Crippen LogP contribution >= 0.6 is 0 Å². The highest BCUT2D eigenvalue weighted by molar-refractivity contribution is 6.39. The monoisotopic (exact) mass is 233 g/mol. The Morgan fingerprint density at radius 2 is 2.06 bits per heavy atom. The van der Waals surface area contributed by atoms with Crippen molar-refractivity contribution in [2.75, 3.05) is 18.4 Å². The molecule has 0 unspecified atom stereocenters. The normalized spacial score (nSPS) is 14.8. The van der Waals surface area contributed by atoms with Gasteiger partial charge in [-0.15, -0.1) is 0 Å². The van der Waals surface area contributed by atoms with Crippen molar-refractivity contribution in [1.82, 2.24) is 9.88 Å². The van der Waals surface area contributed by atoms with Crippen molar-refractivity contribution < 1.29 is 9.59 Å². The van der Waals surface area contributed by atoms with Crippen LogP contribution in [0.5, 0.6) is 0 Å². The molecular weight excluding hydrogens is 218 g/mol. The zero-order valence-electron chi connectivity index (χ0n) is 9.77. The molecule has 0 saturated carbocycles. The number of aryl methyl sites for hydroxylation is 1. The maximum atomic E-state index is 11.7. The molecule has 1 aromatic heterocycles. The molecule has 1 aliphatic rings. The number of nitrogens with one attached hydrogen (secondary N) is 1. The number of anilines is 1. The first kappa shape index (κ1) is 11.6. The van der Waals surface area contributed by atoms with E-state index in [1.807, 2.05) is 13.0 Å². The molecule has 1 aliphatic heterocycles. The number of carbonyl (C=O) groups is 2. The van der Waals surface area contributed by atoms with E-state index >= 15 is 0 Å². The molecule has 1 N–H and O–H groups in total. The average molecular weight is 233 g/mol. The zero-order valence-corrected chi connectivity index (χ0v) is 9.77. The summed E-state index contributed by atoms with van der Waals surface area (Å²) in [6.45, 7) is 3.18. The SMILES string of the molecule is Cc1cccnc1NC(=O)C(=O)N1CCCC1. The molecular formula is C12H15N3O2. The number of pyridine rings is 1. The Bertz CT molecular complexity index is 439. The van der Waals surface area contributed by atoms with Gasteiger partial charge in [0.1, 0.15) is 5.82 Å². The van der Waals surface area contributed by atoms with Crippen LogP contribution in [0, 0.1) is 6.92 Å². The minimum absolute atomic E-state index is 0.449. The standard InChI is InChI=1S/C12H15N3O2/c1-9-5-4-6-13-10(9)14-11(16)12(17)15-7-2-3-8-15/h4-6H,2-3,7-8H2,1H3,(H,13,14,16). The van der Waals surface area contributed by atoms with Gasteiger partial charge in [-0.3, -0.25) is 9.59 Å². The van der Waals surface area contributed by atoms with Crippen LogP contribution in [0.15, 0.2) is 18.3 Å². The van der Waals surface area contributed by atoms with Gasteiger partial charge >= 0.3 is 11.8 Å². The maximum absolute atomic E-state index is 11.7. The molecule has 5 heteroatoms. The number of carbonyl (C=O) groups excluding carboxylic acids is 2. The number of aromatic nitrogens is 1. The smallest absolute Gasteiger partial charge is 0.315 e. The van der Waals surface area contributed by atoms with E-state index in [1.54, 1.807) is 17.2 Å². The quantitative estimate of drug-likeness (QED) is 0.735. The van der Waals surface area contributed by atoms with Crippen molar-refractivity contribution in [3.05, 3.63) is 23.9 Å². The van der Waals surface area contributed by atoms with E-state index in [9.17, 15) is 9.59 Å². The second kappa shape index (κ2) is 4.95. The Morgan fingerprint density at radius 1 is 1.35 bits per heavy atom. The van der Waals surface area contributed by atoms with Gasteiger partial charge in [0.2, 0.25) is 0 Å². The predicted octanol–water partition coefficient (Wildman–Crippen LogP) is 0.951. The Kier molecular flexibility index (Phi) is 3.37. The number of hydrogen-bond donors (Lipinski definition) is 1. The fourth-order valence-electron chi connectivity index (χ4n) is 1.84. The molecule has 1 fully saturated rings. The summed E-state index contributed by atoms with van der Waals surface area (Å²) >= 11 is 0. The topological polar surface area (TPSA) is 62.3 Å². The fourth-order valence-corrected chi connectivity index (χ4v) is 1.84. The van der Waals surface area contributed by atoms with Crippen molar-refractivity contribution in [3.8, 4) is 0 Å². The summed E-state index contributed by atoms with van der Waals surface area (Å²) < 4.78 is 0. The van der Waals surface area contributed by atoms with Crippen LogP contribution in [0.2, 0.25) is 0 Å². The summed E-state index contributed by atoms with van der Waals surface area (Å²) in [5, 5.41) is 2.55. The second-order valence-corrected chi connectivity index (χ2v) is 4.12. The van der Waals surface area contributed by atoms with Crippen LogP contribution in [0.4, 0.5) is 5.82 Å². The van der Waals surface area contributed by atoms with Crippen molar-refractivity contribution in [2.24, 2.45) is 0 Å². The predicted molar refractivity (Wildman–Crippen MR) is 63.4 cm³/mol. The van der Waals surface area contributed by atoms with Gasteiger partial charge in [0.05, 0.1) is 0 Å². The van der Waals surface area contributed by atoms with Crippen molar-refractivity contribution >= 4 is 17.6 Å². The lowest BCUT2D eigenvalue weighted by Crippen LogP contribution is -2.38. The molecule has 5 nitrogen and oxygen atoms in total. The summed E-state index contributed by atoms with van der Waals surface area (Å²) in [6, 6.07) is 3.62. The van der Waals surface area contributed by atoms with Gasteiger partial charge in [0, 0.05) is 19.3 Å². The molecule has 0 atom stereocenters. The molecule has 0 aromatic carbocycles. The van der Waals surface area contributed by atoms with Crippen LogP contribution in [-0.4, -0.2) is 34.8 Å². The first-order valence-electron chi connectivity index (χ1n) is 5.70. The Labute approximate surface area is 99.8 Å². The summed E-state index contributed by atoms with van der Waals surface area (Å²) in [5.74, 6) is -0.619. The van der Waals surface area contributed by atoms with E-state index in [0.29, 0.717) is 18.9 Å². The van der Waals surface area contributed by atoms with Crippen molar-refractivity contribution in [1.29, 1.82) is 0 Å². The second-order valence-electron chi connectivity index (χ2n) is 4.12. The number of hydrogen-bond acceptors (Lipinski definition) is 3. The summed E-state index contributed by atoms with van der Waals surface area (Å²) in [5.41, 5.74) is 0.843. The lowest BCUT2D eigenvalue weighted by molar-refractivity contribution is -0.142. The molecule has 17 heavy (non-hydrogen) atoms. The van der Waals surface area contributed by atoms with Gasteiger partial charge in [0.25, 0.3) is 0 Å². The van der Waals surface area contributed by atoms with Crippen LogP contribution in [0.25, 0.3) is 0 Å². The first-order chi connectivity index (χ1) is 8.18. The van der Waals surface area contributed by atoms with Crippen molar-refractivity contribution in [2.45, 2.75) is 19.8 Å². The minimum Gasteiger partial charge on any atom is -0.334 e. The van der Waals surface area contributed by atoms with Crippen LogP contribution in [0.3, 0.4) is 0 Å². The molecule has 0 bridgehead atoms. The number of nitrogens with zero attached hydrogens (tertiary/aromatic N) is 2. The highest BCUT2D eigenvalue weighted by Crippen LogP contribution is 2.11. The summed E-state index contributed by atoms with van der Waals surface area (Å²) in [4.78, 5) is 29.1. The van der Waals surface area contributed by atoms with E-state index in [0.717, 1.165) is 18.4 Å². The third-order valence-corrected chi connectivity index (χ3v) is 2.83. The van der Waals surface area contributed by atoms with Crippen LogP contribution < -0.4 is 5.32 Å². The van der Waals surface area contributed by atoms with Gasteiger partial charge in [-0.1, -0.05) is 6.07 Å². The summed E-state index contributed by atoms with van der Waals surface area (Å²) in [6.07, 6.45) is 3.53. The van der Waals surface area contributed by atoms with E-state index in [4.69, 9.17) is 0 Å². The number of amides is 2. The molecule has 1 aromatic rings. The van der Waals surface area contributed by atoms with Crippen LogP contribution in [0.1, 0.15) is 18.4 Å². The largest absolute Gasteiger partial charge is 0.334 e. The molecule has 2 amide bonds. The zero-order chi connectivity index (χ0) is 12.3. The van der Waals surface area contributed by atoms with Crippen molar-refractivity contribution in [3.63, 3.8) is 0 Å². The van der Waals surface area contributed by atoms with Gasteiger partial charge < -0.3 is 10.2 Å². The van der Waals surface area contributed by atoms with E-state index < -0.39 is 11.8 Å². The average Bonchev–Trinajstić information content (AvgIpc) is 2.84. The molecule has 1 saturated heterocycles. The third kappa shape index (κ3) is 2.61. The fraction of sp³-hybridized carbons (Fsp3) is 0.417. The Hall–Kier alpha value is -1.91. The summed E-state index contributed by atoms with van der Waals surface area (Å²) in [7, 11) is 0. The molecule has 90 valence electrons. The minimum atomic E-state index is -0.603. The Morgan fingerprint density at radius 3 is 2.71 bits per heavy atom. The Balaban J connectivity index is 2.01. The first-order valence-corrected chi connectivity index (χ1v) is 5.70. The lowest BCUT2D eigenvalue weighted by Gasteiger charge is -2.14. The highest BCUT2D eigenvalue weighted by Gasteiger charge is 2.24. The molecule has 2 rings (SSSR count). The van der Waals surface area contributed by atoms with E-state index in [-0.39, 0.29) is 0 Å². The molecule has 2 heterocycles. The third-order valence-electron chi connectivity index (χ3n) is 2.83. The molecule has 0 aliphatic carbocycles. The highest BCUT2D eigenvalue weighted by atomic mass is 16.2. The lowest BCUT2D eigenvalue weighted by atomic mass is 10.3. The molecule has 0 radical (unpaired) electrons.